The highest BCUT2D eigenvalue weighted by Crippen LogP contribution is 2.07. The molecule has 0 saturated carbocycles. The molecule has 0 aromatic heterocycles. The van der Waals surface area contributed by atoms with Gasteiger partial charge in [-0.3, -0.25) is 0 Å². The SMILES string of the molecule is CC(C)(C)OC(=O)NCCCCCCCCCN.Cl. The molecule has 0 atom stereocenters. The summed E-state index contributed by atoms with van der Waals surface area (Å²) < 4.78 is 5.15. The van der Waals surface area contributed by atoms with Gasteiger partial charge in [-0.05, 0) is 40.2 Å². The number of ether oxygens (including phenoxy) is 1. The van der Waals surface area contributed by atoms with Crippen molar-refractivity contribution in [3.8, 4) is 0 Å². The number of amides is 1. The molecule has 5 heteroatoms. The molecule has 4 nitrogen and oxygen atoms in total. The Bertz CT molecular complexity index is 218. The summed E-state index contributed by atoms with van der Waals surface area (Å²) in [5.41, 5.74) is 5.02. The van der Waals surface area contributed by atoms with Gasteiger partial charge < -0.3 is 15.8 Å². The van der Waals surface area contributed by atoms with Crippen molar-refractivity contribution in [2.45, 2.75) is 71.3 Å². The van der Waals surface area contributed by atoms with Crippen molar-refractivity contribution in [1.82, 2.24) is 5.32 Å². The molecular weight excluding hydrogens is 264 g/mol. The molecule has 0 fully saturated rings. The lowest BCUT2D eigenvalue weighted by Crippen LogP contribution is -2.32. The molecule has 0 unspecified atom stereocenters. The van der Waals surface area contributed by atoms with Gasteiger partial charge in [-0.2, -0.15) is 0 Å². The fourth-order valence-corrected chi connectivity index (χ4v) is 1.66. The van der Waals surface area contributed by atoms with Gasteiger partial charge in [-0.1, -0.05) is 32.1 Å². The Labute approximate surface area is 124 Å². The van der Waals surface area contributed by atoms with E-state index in [2.05, 4.69) is 5.32 Å². The summed E-state index contributed by atoms with van der Waals surface area (Å²) in [6, 6.07) is 0. The van der Waals surface area contributed by atoms with Crippen LogP contribution in [0.1, 0.15) is 65.7 Å². The van der Waals surface area contributed by atoms with E-state index in [0.29, 0.717) is 6.54 Å². The second kappa shape index (κ2) is 12.5. The molecule has 0 rings (SSSR count). The van der Waals surface area contributed by atoms with E-state index in [1.165, 1.54) is 32.1 Å². The van der Waals surface area contributed by atoms with Gasteiger partial charge in [0.25, 0.3) is 0 Å². The number of rotatable bonds is 9. The van der Waals surface area contributed by atoms with Crippen LogP contribution in [0, 0.1) is 0 Å². The fourth-order valence-electron chi connectivity index (χ4n) is 1.66. The lowest BCUT2D eigenvalue weighted by atomic mass is 10.1. The molecule has 0 saturated heterocycles. The van der Waals surface area contributed by atoms with Gasteiger partial charge >= 0.3 is 6.09 Å². The van der Waals surface area contributed by atoms with Gasteiger partial charge in [0.1, 0.15) is 5.60 Å². The van der Waals surface area contributed by atoms with Gasteiger partial charge in [0.15, 0.2) is 0 Å². The molecule has 0 aliphatic carbocycles. The van der Waals surface area contributed by atoms with Crippen LogP contribution in [-0.4, -0.2) is 24.8 Å². The topological polar surface area (TPSA) is 64.3 Å². The fraction of sp³-hybridized carbons (Fsp3) is 0.929. The van der Waals surface area contributed by atoms with E-state index in [4.69, 9.17) is 10.5 Å². The maximum absolute atomic E-state index is 11.3. The summed E-state index contributed by atoms with van der Waals surface area (Å²) in [6.45, 7) is 7.12. The first-order valence-electron chi connectivity index (χ1n) is 7.12. The van der Waals surface area contributed by atoms with Crippen LogP contribution in [0.3, 0.4) is 0 Å². The number of nitrogens with one attached hydrogen (secondary N) is 1. The Morgan fingerprint density at radius 2 is 1.47 bits per heavy atom. The van der Waals surface area contributed by atoms with E-state index in [-0.39, 0.29) is 18.5 Å². The van der Waals surface area contributed by atoms with Crippen molar-refractivity contribution in [2.24, 2.45) is 5.73 Å². The minimum atomic E-state index is -0.410. The average molecular weight is 295 g/mol. The molecule has 0 aliphatic rings. The van der Waals surface area contributed by atoms with Gasteiger partial charge in [0, 0.05) is 6.54 Å². The van der Waals surface area contributed by atoms with E-state index >= 15 is 0 Å². The largest absolute Gasteiger partial charge is 0.444 e. The molecule has 3 N–H and O–H groups in total. The molecule has 0 spiro atoms. The second-order valence-electron chi connectivity index (χ2n) is 5.69. The van der Waals surface area contributed by atoms with E-state index in [0.717, 1.165) is 19.4 Å². The molecule has 0 heterocycles. The van der Waals surface area contributed by atoms with Crippen LogP contribution in [0.5, 0.6) is 0 Å². The zero-order chi connectivity index (χ0) is 13.9. The Morgan fingerprint density at radius 1 is 1.00 bits per heavy atom. The molecule has 116 valence electrons. The number of nitrogens with two attached hydrogens (primary N) is 1. The molecule has 0 radical (unpaired) electrons. The number of alkyl carbamates (subject to hydrolysis) is 1. The molecule has 0 bridgehead atoms. The maximum atomic E-state index is 11.3. The van der Waals surface area contributed by atoms with Crippen LogP contribution in [-0.2, 0) is 4.74 Å². The first-order valence-corrected chi connectivity index (χ1v) is 7.12. The maximum Gasteiger partial charge on any atom is 0.407 e. The highest BCUT2D eigenvalue weighted by Gasteiger charge is 2.15. The Balaban J connectivity index is 0. The monoisotopic (exact) mass is 294 g/mol. The third-order valence-corrected chi connectivity index (χ3v) is 2.55. The van der Waals surface area contributed by atoms with Crippen LogP contribution in [0.4, 0.5) is 4.79 Å². The van der Waals surface area contributed by atoms with Gasteiger partial charge in [0.05, 0.1) is 0 Å². The number of halogens is 1. The van der Waals surface area contributed by atoms with Crippen molar-refractivity contribution in [3.05, 3.63) is 0 Å². The van der Waals surface area contributed by atoms with Gasteiger partial charge in [-0.25, -0.2) is 4.79 Å². The first-order chi connectivity index (χ1) is 8.45. The Morgan fingerprint density at radius 3 is 1.95 bits per heavy atom. The number of hydrogen-bond donors (Lipinski definition) is 2. The molecule has 0 aromatic carbocycles. The molecular formula is C14H31ClN2O2. The van der Waals surface area contributed by atoms with E-state index in [9.17, 15) is 4.79 Å². The Kier molecular flexibility index (Phi) is 13.8. The summed E-state index contributed by atoms with van der Waals surface area (Å²) in [5, 5.41) is 2.77. The molecule has 0 aliphatic heterocycles. The highest BCUT2D eigenvalue weighted by molar-refractivity contribution is 5.85. The van der Waals surface area contributed by atoms with Crippen molar-refractivity contribution in [3.63, 3.8) is 0 Å². The summed E-state index contributed by atoms with van der Waals surface area (Å²) in [4.78, 5) is 11.3. The lowest BCUT2D eigenvalue weighted by Gasteiger charge is -2.19. The number of unbranched alkanes of at least 4 members (excludes halogenated alkanes) is 6. The number of hydrogen-bond acceptors (Lipinski definition) is 3. The zero-order valence-corrected chi connectivity index (χ0v) is 13.5. The Hall–Kier alpha value is -0.480. The van der Waals surface area contributed by atoms with Crippen molar-refractivity contribution < 1.29 is 9.53 Å². The van der Waals surface area contributed by atoms with E-state index < -0.39 is 5.60 Å². The van der Waals surface area contributed by atoms with Crippen LogP contribution in [0.25, 0.3) is 0 Å². The third kappa shape index (κ3) is 17.5. The van der Waals surface area contributed by atoms with Crippen LogP contribution < -0.4 is 11.1 Å². The molecule has 19 heavy (non-hydrogen) atoms. The minimum Gasteiger partial charge on any atom is -0.444 e. The van der Waals surface area contributed by atoms with Crippen molar-refractivity contribution in [1.29, 1.82) is 0 Å². The lowest BCUT2D eigenvalue weighted by molar-refractivity contribution is 0.0527. The standard InChI is InChI=1S/C14H30N2O2.ClH/c1-14(2,3)18-13(17)16-12-10-8-6-4-5-7-9-11-15;/h4-12,15H2,1-3H3,(H,16,17);1H. The summed E-state index contributed by atoms with van der Waals surface area (Å²) in [5.74, 6) is 0. The summed E-state index contributed by atoms with van der Waals surface area (Å²) >= 11 is 0. The number of carbonyl (C=O) groups is 1. The summed E-state index contributed by atoms with van der Waals surface area (Å²) in [7, 11) is 0. The van der Waals surface area contributed by atoms with Gasteiger partial charge in [0.2, 0.25) is 0 Å². The smallest absolute Gasteiger partial charge is 0.407 e. The zero-order valence-electron chi connectivity index (χ0n) is 12.7. The third-order valence-electron chi connectivity index (χ3n) is 2.55. The van der Waals surface area contributed by atoms with E-state index in [1.54, 1.807) is 0 Å². The highest BCUT2D eigenvalue weighted by atomic mass is 35.5. The van der Waals surface area contributed by atoms with Crippen molar-refractivity contribution in [2.75, 3.05) is 13.1 Å². The quantitative estimate of drug-likeness (QED) is 0.638. The minimum absolute atomic E-state index is 0. The normalized spacial score (nSPS) is 10.7. The number of carbonyl (C=O) groups excluding carboxylic acids is 1. The summed E-state index contributed by atoms with van der Waals surface area (Å²) in [6.07, 6.45) is 8.04. The predicted octanol–water partition coefficient (Wildman–Crippen LogP) is 3.62. The van der Waals surface area contributed by atoms with E-state index in [1.807, 2.05) is 20.8 Å². The van der Waals surface area contributed by atoms with Gasteiger partial charge in [-0.15, -0.1) is 12.4 Å². The van der Waals surface area contributed by atoms with Crippen LogP contribution in [0.15, 0.2) is 0 Å². The molecule has 1 amide bonds. The average Bonchev–Trinajstić information content (AvgIpc) is 2.24. The second-order valence-corrected chi connectivity index (χ2v) is 5.69. The first kappa shape index (κ1) is 20.8. The van der Waals surface area contributed by atoms with Crippen LogP contribution in [0.2, 0.25) is 0 Å². The van der Waals surface area contributed by atoms with Crippen LogP contribution >= 0.6 is 12.4 Å². The molecule has 0 aromatic rings. The predicted molar refractivity (Wildman–Crippen MR) is 82.9 cm³/mol. The van der Waals surface area contributed by atoms with Crippen molar-refractivity contribution >= 4 is 18.5 Å².